The highest BCUT2D eigenvalue weighted by molar-refractivity contribution is 5.55. The van der Waals surface area contributed by atoms with E-state index in [1.54, 1.807) is 6.07 Å². The molecule has 1 saturated carbocycles. The van der Waals surface area contributed by atoms with Crippen LogP contribution in [0.3, 0.4) is 0 Å². The Morgan fingerprint density at radius 1 is 1.33 bits per heavy atom. The molecule has 0 radical (unpaired) electrons. The number of anilines is 1. The van der Waals surface area contributed by atoms with Gasteiger partial charge in [0, 0.05) is 36.4 Å². The maximum Gasteiger partial charge on any atom is 0.129 e. The van der Waals surface area contributed by atoms with Crippen LogP contribution in [0.15, 0.2) is 18.2 Å². The molecule has 2 rings (SSSR count). The van der Waals surface area contributed by atoms with E-state index in [1.807, 2.05) is 6.07 Å². The summed E-state index contributed by atoms with van der Waals surface area (Å²) in [6.07, 6.45) is 4.71. The predicted molar refractivity (Wildman–Crippen MR) is 85.1 cm³/mol. The first-order valence-electron chi connectivity index (χ1n) is 8.01. The number of hydrogen-bond acceptors (Lipinski definition) is 3. The number of nitrogens with one attached hydrogen (secondary N) is 1. The number of benzene rings is 1. The van der Waals surface area contributed by atoms with Crippen molar-refractivity contribution in [2.45, 2.75) is 58.2 Å². The predicted octanol–water partition coefficient (Wildman–Crippen LogP) is 3.07. The third-order valence-corrected chi connectivity index (χ3v) is 4.20. The van der Waals surface area contributed by atoms with E-state index in [0.29, 0.717) is 30.7 Å². The van der Waals surface area contributed by atoms with Gasteiger partial charge < -0.3 is 15.3 Å². The number of aliphatic hydroxyl groups is 1. The SMILES string of the molecule is CC(C)NCc1c(F)cccc1N(CCO)C1CCCC1. The van der Waals surface area contributed by atoms with Crippen molar-refractivity contribution in [2.75, 3.05) is 18.1 Å². The lowest BCUT2D eigenvalue weighted by Gasteiger charge is -2.32. The highest BCUT2D eigenvalue weighted by Crippen LogP contribution is 2.31. The summed E-state index contributed by atoms with van der Waals surface area (Å²) in [5, 5.41) is 12.7. The fourth-order valence-corrected chi connectivity index (χ4v) is 3.12. The van der Waals surface area contributed by atoms with Gasteiger partial charge in [0.2, 0.25) is 0 Å². The molecule has 0 amide bonds. The number of aliphatic hydroxyl groups excluding tert-OH is 1. The van der Waals surface area contributed by atoms with E-state index in [1.165, 1.54) is 18.9 Å². The molecule has 0 heterocycles. The molecule has 2 N–H and O–H groups in total. The van der Waals surface area contributed by atoms with E-state index in [0.717, 1.165) is 18.5 Å². The van der Waals surface area contributed by atoms with Crippen LogP contribution in [-0.4, -0.2) is 30.3 Å². The Morgan fingerprint density at radius 3 is 2.67 bits per heavy atom. The standard InChI is InChI=1S/C17H27FN2O/c1-13(2)19-12-15-16(18)8-5-9-17(15)20(10-11-21)14-6-3-4-7-14/h5,8-9,13-14,19,21H,3-4,6-7,10-12H2,1-2H3. The minimum atomic E-state index is -0.165. The molecule has 3 nitrogen and oxygen atoms in total. The number of hydrogen-bond donors (Lipinski definition) is 2. The van der Waals surface area contributed by atoms with Gasteiger partial charge in [0.15, 0.2) is 0 Å². The Balaban J connectivity index is 2.27. The summed E-state index contributed by atoms with van der Waals surface area (Å²) in [4.78, 5) is 2.20. The van der Waals surface area contributed by atoms with Gasteiger partial charge in [0.1, 0.15) is 5.82 Å². The van der Waals surface area contributed by atoms with Crippen LogP contribution in [0.25, 0.3) is 0 Å². The number of rotatable bonds is 7. The second kappa shape index (κ2) is 7.76. The number of nitrogens with zero attached hydrogens (tertiary/aromatic N) is 1. The normalized spacial score (nSPS) is 15.9. The summed E-state index contributed by atoms with van der Waals surface area (Å²) in [5.74, 6) is -0.165. The molecule has 118 valence electrons. The van der Waals surface area contributed by atoms with Gasteiger partial charge in [-0.1, -0.05) is 32.8 Å². The summed E-state index contributed by atoms with van der Waals surface area (Å²) in [6, 6.07) is 6.01. The van der Waals surface area contributed by atoms with Gasteiger partial charge in [-0.05, 0) is 25.0 Å². The Hall–Kier alpha value is -1.13. The van der Waals surface area contributed by atoms with Crippen LogP contribution < -0.4 is 10.2 Å². The van der Waals surface area contributed by atoms with E-state index in [4.69, 9.17) is 0 Å². The highest BCUT2D eigenvalue weighted by atomic mass is 19.1. The molecule has 1 aromatic rings. The van der Waals surface area contributed by atoms with E-state index in [9.17, 15) is 9.50 Å². The molecule has 0 aliphatic heterocycles. The van der Waals surface area contributed by atoms with Crippen LogP contribution >= 0.6 is 0 Å². The molecule has 0 atom stereocenters. The molecule has 0 saturated heterocycles. The van der Waals surface area contributed by atoms with Crippen molar-refractivity contribution in [1.29, 1.82) is 0 Å². The summed E-state index contributed by atoms with van der Waals surface area (Å²) in [5.41, 5.74) is 1.65. The molecule has 1 aliphatic rings. The molecule has 4 heteroatoms. The van der Waals surface area contributed by atoms with Crippen LogP contribution in [-0.2, 0) is 6.54 Å². The quantitative estimate of drug-likeness (QED) is 0.811. The van der Waals surface area contributed by atoms with Gasteiger partial charge in [-0.2, -0.15) is 0 Å². The first-order chi connectivity index (χ1) is 10.1. The van der Waals surface area contributed by atoms with E-state index >= 15 is 0 Å². The Kier molecular flexibility index (Phi) is 6.00. The Morgan fingerprint density at radius 2 is 2.05 bits per heavy atom. The van der Waals surface area contributed by atoms with Crippen LogP contribution in [0.1, 0.15) is 45.1 Å². The maximum absolute atomic E-state index is 14.3. The van der Waals surface area contributed by atoms with Crippen LogP contribution in [0, 0.1) is 5.82 Å². The van der Waals surface area contributed by atoms with Crippen LogP contribution in [0.5, 0.6) is 0 Å². The van der Waals surface area contributed by atoms with Crippen molar-refractivity contribution in [2.24, 2.45) is 0 Å². The molecular formula is C17H27FN2O. The fraction of sp³-hybridized carbons (Fsp3) is 0.647. The Labute approximate surface area is 127 Å². The van der Waals surface area contributed by atoms with Gasteiger partial charge >= 0.3 is 0 Å². The molecule has 1 fully saturated rings. The number of halogens is 1. The summed E-state index contributed by atoms with van der Waals surface area (Å²) >= 11 is 0. The molecule has 21 heavy (non-hydrogen) atoms. The minimum absolute atomic E-state index is 0.101. The molecule has 0 aromatic heterocycles. The third-order valence-electron chi connectivity index (χ3n) is 4.20. The zero-order valence-corrected chi connectivity index (χ0v) is 13.1. The van der Waals surface area contributed by atoms with E-state index in [-0.39, 0.29) is 12.4 Å². The molecular weight excluding hydrogens is 267 g/mol. The smallest absolute Gasteiger partial charge is 0.129 e. The summed E-state index contributed by atoms with van der Waals surface area (Å²) < 4.78 is 14.3. The van der Waals surface area contributed by atoms with Gasteiger partial charge in [-0.15, -0.1) is 0 Å². The van der Waals surface area contributed by atoms with Crippen molar-refractivity contribution >= 4 is 5.69 Å². The lowest BCUT2D eigenvalue weighted by Crippen LogP contribution is -2.37. The van der Waals surface area contributed by atoms with E-state index in [2.05, 4.69) is 24.1 Å². The molecule has 0 bridgehead atoms. The van der Waals surface area contributed by atoms with Gasteiger partial charge in [-0.25, -0.2) is 4.39 Å². The van der Waals surface area contributed by atoms with Crippen LogP contribution in [0.2, 0.25) is 0 Å². The first-order valence-corrected chi connectivity index (χ1v) is 8.01. The second-order valence-corrected chi connectivity index (χ2v) is 6.13. The van der Waals surface area contributed by atoms with Crippen molar-refractivity contribution in [3.05, 3.63) is 29.6 Å². The summed E-state index contributed by atoms with van der Waals surface area (Å²) in [6.45, 7) is 5.31. The summed E-state index contributed by atoms with van der Waals surface area (Å²) in [7, 11) is 0. The third kappa shape index (κ3) is 4.17. The van der Waals surface area contributed by atoms with Gasteiger partial charge in [-0.3, -0.25) is 0 Å². The highest BCUT2D eigenvalue weighted by Gasteiger charge is 2.25. The lowest BCUT2D eigenvalue weighted by molar-refractivity contribution is 0.297. The zero-order chi connectivity index (χ0) is 15.2. The van der Waals surface area contributed by atoms with Crippen molar-refractivity contribution < 1.29 is 9.50 Å². The van der Waals surface area contributed by atoms with Crippen molar-refractivity contribution in [3.63, 3.8) is 0 Å². The van der Waals surface area contributed by atoms with Crippen molar-refractivity contribution in [3.8, 4) is 0 Å². The van der Waals surface area contributed by atoms with Gasteiger partial charge in [0.05, 0.1) is 6.61 Å². The average molecular weight is 294 g/mol. The Bertz CT molecular complexity index is 444. The average Bonchev–Trinajstić information content (AvgIpc) is 2.97. The molecule has 0 unspecified atom stereocenters. The van der Waals surface area contributed by atoms with Crippen molar-refractivity contribution in [1.82, 2.24) is 5.32 Å². The molecule has 1 aliphatic carbocycles. The largest absolute Gasteiger partial charge is 0.395 e. The fourth-order valence-electron chi connectivity index (χ4n) is 3.12. The monoisotopic (exact) mass is 294 g/mol. The molecule has 1 aromatic carbocycles. The second-order valence-electron chi connectivity index (χ2n) is 6.13. The van der Waals surface area contributed by atoms with E-state index < -0.39 is 0 Å². The maximum atomic E-state index is 14.3. The van der Waals surface area contributed by atoms with Gasteiger partial charge in [0.25, 0.3) is 0 Å². The minimum Gasteiger partial charge on any atom is -0.395 e. The topological polar surface area (TPSA) is 35.5 Å². The molecule has 0 spiro atoms. The van der Waals surface area contributed by atoms with Crippen LogP contribution in [0.4, 0.5) is 10.1 Å². The lowest BCUT2D eigenvalue weighted by atomic mass is 10.1. The first kappa shape index (κ1) is 16.2. The zero-order valence-electron chi connectivity index (χ0n) is 13.1.